The van der Waals surface area contributed by atoms with Gasteiger partial charge in [-0.15, -0.1) is 11.3 Å². The minimum Gasteiger partial charge on any atom is -0.493 e. The Hall–Kier alpha value is -2.34. The highest BCUT2D eigenvalue weighted by Crippen LogP contribution is 2.25. The number of benzene rings is 1. The van der Waals surface area contributed by atoms with Crippen LogP contribution in [0.2, 0.25) is 0 Å². The maximum atomic E-state index is 11.9. The third kappa shape index (κ3) is 3.12. The molecule has 2 heterocycles. The van der Waals surface area contributed by atoms with Crippen molar-refractivity contribution in [2.24, 2.45) is 0 Å². The van der Waals surface area contributed by atoms with Crippen LogP contribution in [0.15, 0.2) is 30.3 Å². The largest absolute Gasteiger partial charge is 0.493 e. The van der Waals surface area contributed by atoms with Crippen LogP contribution in [0.5, 0.6) is 5.75 Å². The zero-order valence-electron chi connectivity index (χ0n) is 11.8. The van der Waals surface area contributed by atoms with E-state index in [1.54, 1.807) is 0 Å². The zero-order chi connectivity index (χ0) is 15.5. The van der Waals surface area contributed by atoms with E-state index in [9.17, 15) is 9.59 Å². The molecule has 1 aliphatic rings. The molecule has 1 aliphatic heterocycles. The second kappa shape index (κ2) is 6.19. The van der Waals surface area contributed by atoms with Gasteiger partial charge in [-0.05, 0) is 35.7 Å². The molecule has 0 saturated heterocycles. The van der Waals surface area contributed by atoms with E-state index in [4.69, 9.17) is 9.84 Å². The summed E-state index contributed by atoms with van der Waals surface area (Å²) in [6.45, 7) is 1.25. The predicted octanol–water partition coefficient (Wildman–Crippen LogP) is 2.35. The van der Waals surface area contributed by atoms with Crippen LogP contribution in [0.4, 0.5) is 0 Å². The monoisotopic (exact) mass is 317 g/mol. The quantitative estimate of drug-likeness (QED) is 0.887. The lowest BCUT2D eigenvalue weighted by Gasteiger charge is -2.05. The Morgan fingerprint density at radius 2 is 2.05 bits per heavy atom. The van der Waals surface area contributed by atoms with Gasteiger partial charge in [0, 0.05) is 13.0 Å². The van der Waals surface area contributed by atoms with Gasteiger partial charge in [0.15, 0.2) is 0 Å². The van der Waals surface area contributed by atoms with E-state index in [-0.39, 0.29) is 10.8 Å². The highest BCUT2D eigenvalue weighted by molar-refractivity contribution is 7.15. The van der Waals surface area contributed by atoms with Crippen molar-refractivity contribution >= 4 is 23.2 Å². The fourth-order valence-electron chi connectivity index (χ4n) is 2.38. The van der Waals surface area contributed by atoms with Crippen molar-refractivity contribution in [2.45, 2.75) is 12.8 Å². The SMILES string of the molecule is O=C(O)c1ccc(C(=O)NCCc2ccc3c(c2)CCO3)s1. The van der Waals surface area contributed by atoms with Crippen molar-refractivity contribution < 1.29 is 19.4 Å². The molecule has 0 bridgehead atoms. The van der Waals surface area contributed by atoms with Gasteiger partial charge in [-0.1, -0.05) is 12.1 Å². The second-order valence-electron chi connectivity index (χ2n) is 5.02. The molecule has 6 heteroatoms. The van der Waals surface area contributed by atoms with E-state index in [0.29, 0.717) is 11.4 Å². The molecule has 1 amide bonds. The standard InChI is InChI=1S/C16H15NO4S/c18-15(13-3-4-14(22-13)16(19)20)17-7-5-10-1-2-12-11(9-10)6-8-21-12/h1-4,9H,5-8H2,(H,17,18)(H,19,20). The van der Waals surface area contributed by atoms with Crippen molar-refractivity contribution in [2.75, 3.05) is 13.2 Å². The summed E-state index contributed by atoms with van der Waals surface area (Å²) < 4.78 is 5.46. The number of amides is 1. The second-order valence-corrected chi connectivity index (χ2v) is 6.10. The van der Waals surface area contributed by atoms with Gasteiger partial charge in [-0.2, -0.15) is 0 Å². The summed E-state index contributed by atoms with van der Waals surface area (Å²) in [5.41, 5.74) is 2.37. The highest BCUT2D eigenvalue weighted by Gasteiger charge is 2.14. The van der Waals surface area contributed by atoms with Crippen LogP contribution in [-0.2, 0) is 12.8 Å². The first kappa shape index (κ1) is 14.6. The van der Waals surface area contributed by atoms with Gasteiger partial charge in [-0.3, -0.25) is 4.79 Å². The zero-order valence-corrected chi connectivity index (χ0v) is 12.6. The van der Waals surface area contributed by atoms with E-state index in [2.05, 4.69) is 11.4 Å². The molecule has 1 aromatic carbocycles. The first-order valence-electron chi connectivity index (χ1n) is 6.99. The number of carbonyl (C=O) groups is 2. The van der Waals surface area contributed by atoms with Crippen molar-refractivity contribution in [1.82, 2.24) is 5.32 Å². The molecule has 22 heavy (non-hydrogen) atoms. The molecule has 0 radical (unpaired) electrons. The summed E-state index contributed by atoms with van der Waals surface area (Å²) in [4.78, 5) is 23.3. The summed E-state index contributed by atoms with van der Waals surface area (Å²) in [5.74, 6) is -0.293. The smallest absolute Gasteiger partial charge is 0.345 e. The number of aromatic carboxylic acids is 1. The third-order valence-corrected chi connectivity index (χ3v) is 4.57. The summed E-state index contributed by atoms with van der Waals surface area (Å²) in [7, 11) is 0. The molecule has 0 saturated carbocycles. The molecule has 0 atom stereocenters. The van der Waals surface area contributed by atoms with Gasteiger partial charge >= 0.3 is 5.97 Å². The Labute approximate surface area is 131 Å². The normalized spacial score (nSPS) is 12.5. The van der Waals surface area contributed by atoms with Crippen molar-refractivity contribution in [3.8, 4) is 5.75 Å². The first-order chi connectivity index (χ1) is 10.6. The van der Waals surface area contributed by atoms with E-state index >= 15 is 0 Å². The molecule has 0 fully saturated rings. The Balaban J connectivity index is 1.54. The van der Waals surface area contributed by atoms with Crippen LogP contribution in [-0.4, -0.2) is 30.1 Å². The molecule has 2 N–H and O–H groups in total. The first-order valence-corrected chi connectivity index (χ1v) is 7.81. The van der Waals surface area contributed by atoms with Gasteiger partial charge in [0.2, 0.25) is 0 Å². The van der Waals surface area contributed by atoms with Crippen molar-refractivity contribution in [3.63, 3.8) is 0 Å². The molecular weight excluding hydrogens is 302 g/mol. The number of nitrogens with one attached hydrogen (secondary N) is 1. The van der Waals surface area contributed by atoms with E-state index < -0.39 is 5.97 Å². The minimum atomic E-state index is -1.01. The van der Waals surface area contributed by atoms with Gasteiger partial charge in [0.25, 0.3) is 5.91 Å². The highest BCUT2D eigenvalue weighted by atomic mass is 32.1. The average molecular weight is 317 g/mol. The summed E-state index contributed by atoms with van der Waals surface area (Å²) in [6.07, 6.45) is 1.67. The number of carboxylic acids is 1. The number of thiophene rings is 1. The van der Waals surface area contributed by atoms with Gasteiger partial charge in [0.1, 0.15) is 10.6 Å². The summed E-state index contributed by atoms with van der Waals surface area (Å²) in [6, 6.07) is 9.07. The van der Waals surface area contributed by atoms with Crippen molar-refractivity contribution in [1.29, 1.82) is 0 Å². The molecular formula is C16H15NO4S. The van der Waals surface area contributed by atoms with Crippen LogP contribution >= 0.6 is 11.3 Å². The average Bonchev–Trinajstić information content (AvgIpc) is 3.16. The number of carbonyl (C=O) groups excluding carboxylic acids is 1. The summed E-state index contributed by atoms with van der Waals surface area (Å²) in [5, 5.41) is 11.7. The molecule has 5 nitrogen and oxygen atoms in total. The topological polar surface area (TPSA) is 75.6 Å². The molecule has 3 rings (SSSR count). The molecule has 0 spiro atoms. The summed E-state index contributed by atoms with van der Waals surface area (Å²) >= 11 is 0.984. The minimum absolute atomic E-state index is 0.170. The Kier molecular flexibility index (Phi) is 4.11. The lowest BCUT2D eigenvalue weighted by Crippen LogP contribution is -2.24. The number of fused-ring (bicyclic) bond motifs is 1. The van der Waals surface area contributed by atoms with Gasteiger partial charge in [-0.25, -0.2) is 4.79 Å². The Morgan fingerprint density at radius 1 is 1.23 bits per heavy atom. The maximum Gasteiger partial charge on any atom is 0.345 e. The molecule has 2 aromatic rings. The number of hydrogen-bond acceptors (Lipinski definition) is 4. The molecule has 114 valence electrons. The molecule has 0 aliphatic carbocycles. The van der Waals surface area contributed by atoms with Crippen LogP contribution in [0.25, 0.3) is 0 Å². The molecule has 0 unspecified atom stereocenters. The number of ether oxygens (including phenoxy) is 1. The number of carboxylic acid groups (broad SMARTS) is 1. The van der Waals surface area contributed by atoms with Crippen LogP contribution in [0.3, 0.4) is 0 Å². The molecule has 1 aromatic heterocycles. The third-order valence-electron chi connectivity index (χ3n) is 3.49. The number of rotatable bonds is 5. The fraction of sp³-hybridized carbons (Fsp3) is 0.250. The van der Waals surface area contributed by atoms with Gasteiger partial charge in [0.05, 0.1) is 11.5 Å². The van der Waals surface area contributed by atoms with E-state index in [1.807, 2.05) is 12.1 Å². The predicted molar refractivity (Wildman–Crippen MR) is 83.0 cm³/mol. The number of hydrogen-bond donors (Lipinski definition) is 2. The van der Waals surface area contributed by atoms with E-state index in [0.717, 1.165) is 42.1 Å². The van der Waals surface area contributed by atoms with E-state index in [1.165, 1.54) is 17.7 Å². The lowest BCUT2D eigenvalue weighted by atomic mass is 10.1. The van der Waals surface area contributed by atoms with Crippen LogP contribution < -0.4 is 10.1 Å². The van der Waals surface area contributed by atoms with Crippen LogP contribution in [0, 0.1) is 0 Å². The van der Waals surface area contributed by atoms with Crippen LogP contribution in [0.1, 0.15) is 30.5 Å². The lowest BCUT2D eigenvalue weighted by molar-refractivity contribution is 0.0702. The fourth-order valence-corrected chi connectivity index (χ4v) is 3.14. The Bertz CT molecular complexity index is 723. The maximum absolute atomic E-state index is 11.9. The Morgan fingerprint density at radius 3 is 2.82 bits per heavy atom. The van der Waals surface area contributed by atoms with Crippen molar-refractivity contribution in [3.05, 3.63) is 51.2 Å². The van der Waals surface area contributed by atoms with Gasteiger partial charge < -0.3 is 15.2 Å².